The number of carbonyl (C=O) groups excluding carboxylic acids is 2. The summed E-state index contributed by atoms with van der Waals surface area (Å²) in [4.78, 5) is 25.2. The highest BCUT2D eigenvalue weighted by Gasteiger charge is 2.20. The maximum Gasteiger partial charge on any atom is 0.253 e. The number of halogens is 2. The molecule has 1 unspecified atom stereocenters. The van der Waals surface area contributed by atoms with Gasteiger partial charge in [0.15, 0.2) is 11.6 Å². The molecule has 3 rings (SSSR count). The van der Waals surface area contributed by atoms with Crippen LogP contribution in [0.5, 0.6) is 5.75 Å². The van der Waals surface area contributed by atoms with Gasteiger partial charge in [-0.1, -0.05) is 66.2 Å². The summed E-state index contributed by atoms with van der Waals surface area (Å²) in [5.74, 6) is -0.804. The molecule has 7 heteroatoms. The van der Waals surface area contributed by atoms with Crippen LogP contribution in [0, 0.1) is 5.82 Å². The molecule has 0 aliphatic rings. The summed E-state index contributed by atoms with van der Waals surface area (Å²) >= 11 is 6.13. The number of para-hydroxylation sites is 1. The topological polar surface area (TPSA) is 67.4 Å². The second-order valence-electron chi connectivity index (χ2n) is 7.10. The number of hydrogen-bond donors (Lipinski definition) is 2. The summed E-state index contributed by atoms with van der Waals surface area (Å²) in [6, 6.07) is 21.7. The van der Waals surface area contributed by atoms with E-state index in [0.717, 1.165) is 5.56 Å². The van der Waals surface area contributed by atoms with Gasteiger partial charge >= 0.3 is 0 Å². The van der Waals surface area contributed by atoms with Crippen molar-refractivity contribution in [2.45, 2.75) is 18.9 Å². The molecule has 2 N–H and O–H groups in total. The lowest BCUT2D eigenvalue weighted by atomic mass is 10.0. The Morgan fingerprint density at radius 1 is 0.938 bits per heavy atom. The van der Waals surface area contributed by atoms with Crippen molar-refractivity contribution in [2.75, 3.05) is 13.2 Å². The minimum Gasteiger partial charge on any atom is -0.490 e. The third-order valence-electron chi connectivity index (χ3n) is 4.75. The number of carbonyl (C=O) groups is 2. The van der Waals surface area contributed by atoms with Gasteiger partial charge in [-0.3, -0.25) is 9.59 Å². The minimum absolute atomic E-state index is 0.0639. The summed E-state index contributed by atoms with van der Waals surface area (Å²) in [7, 11) is 0. The fourth-order valence-electron chi connectivity index (χ4n) is 3.12. The molecular formula is C25H24ClFN2O3. The van der Waals surface area contributed by atoms with Gasteiger partial charge in [-0.15, -0.1) is 0 Å². The molecule has 0 saturated heterocycles. The van der Waals surface area contributed by atoms with Crippen LogP contribution in [0.25, 0.3) is 0 Å². The average Bonchev–Trinajstić information content (AvgIpc) is 2.80. The molecule has 0 spiro atoms. The standard InChI is InChI=1S/C25H24ClFN2O3/c26-20-12-5-4-11-19(20)25(31)29-22(18-9-2-1-3-10-18)17-24(30)28-15-8-16-32-23-14-7-6-13-21(23)27/h1-7,9-14,22H,8,15-17H2,(H,28,30)(H,29,31). The van der Waals surface area contributed by atoms with Crippen molar-refractivity contribution in [1.29, 1.82) is 0 Å². The van der Waals surface area contributed by atoms with E-state index in [1.54, 1.807) is 42.5 Å². The van der Waals surface area contributed by atoms with Gasteiger partial charge in [0, 0.05) is 6.54 Å². The van der Waals surface area contributed by atoms with Gasteiger partial charge in [0.05, 0.1) is 29.7 Å². The maximum atomic E-state index is 13.5. The van der Waals surface area contributed by atoms with Crippen LogP contribution in [0.2, 0.25) is 5.02 Å². The van der Waals surface area contributed by atoms with E-state index in [1.807, 2.05) is 30.3 Å². The van der Waals surface area contributed by atoms with Crippen molar-refractivity contribution in [2.24, 2.45) is 0 Å². The monoisotopic (exact) mass is 454 g/mol. The van der Waals surface area contributed by atoms with Gasteiger partial charge in [0.1, 0.15) is 0 Å². The Balaban J connectivity index is 1.53. The first-order valence-electron chi connectivity index (χ1n) is 10.3. The molecule has 3 aromatic rings. The summed E-state index contributed by atoms with van der Waals surface area (Å²) in [6.45, 7) is 0.639. The Morgan fingerprint density at radius 3 is 2.38 bits per heavy atom. The quantitative estimate of drug-likeness (QED) is 0.427. The SMILES string of the molecule is O=C(CC(NC(=O)c1ccccc1Cl)c1ccccc1)NCCCOc1ccccc1F. The molecule has 5 nitrogen and oxygen atoms in total. The molecule has 1 atom stereocenters. The number of ether oxygens (including phenoxy) is 1. The lowest BCUT2D eigenvalue weighted by Crippen LogP contribution is -2.34. The van der Waals surface area contributed by atoms with Crippen LogP contribution < -0.4 is 15.4 Å². The van der Waals surface area contributed by atoms with Crippen LogP contribution in [0.3, 0.4) is 0 Å². The van der Waals surface area contributed by atoms with E-state index < -0.39 is 11.9 Å². The first-order valence-corrected chi connectivity index (χ1v) is 10.7. The van der Waals surface area contributed by atoms with Crippen LogP contribution in [-0.2, 0) is 4.79 Å². The van der Waals surface area contributed by atoms with Gasteiger partial charge in [0.2, 0.25) is 5.91 Å². The molecule has 0 heterocycles. The largest absolute Gasteiger partial charge is 0.490 e. The third kappa shape index (κ3) is 6.82. The second-order valence-corrected chi connectivity index (χ2v) is 7.51. The van der Waals surface area contributed by atoms with E-state index in [-0.39, 0.29) is 30.6 Å². The highest BCUT2D eigenvalue weighted by molar-refractivity contribution is 6.33. The average molecular weight is 455 g/mol. The molecule has 32 heavy (non-hydrogen) atoms. The smallest absolute Gasteiger partial charge is 0.253 e. The van der Waals surface area contributed by atoms with Crippen molar-refractivity contribution in [3.63, 3.8) is 0 Å². The van der Waals surface area contributed by atoms with Gasteiger partial charge in [0.25, 0.3) is 5.91 Å². The normalized spacial score (nSPS) is 11.4. The van der Waals surface area contributed by atoms with Crippen molar-refractivity contribution < 1.29 is 18.7 Å². The molecule has 0 radical (unpaired) electrons. The van der Waals surface area contributed by atoms with Crippen LogP contribution in [0.4, 0.5) is 4.39 Å². The number of hydrogen-bond acceptors (Lipinski definition) is 3. The molecule has 0 aliphatic heterocycles. The lowest BCUT2D eigenvalue weighted by Gasteiger charge is -2.19. The molecule has 0 bridgehead atoms. The zero-order valence-corrected chi connectivity index (χ0v) is 18.1. The van der Waals surface area contributed by atoms with E-state index in [2.05, 4.69) is 10.6 Å². The Morgan fingerprint density at radius 2 is 1.62 bits per heavy atom. The molecular weight excluding hydrogens is 431 g/mol. The van der Waals surface area contributed by atoms with Crippen molar-refractivity contribution in [1.82, 2.24) is 10.6 Å². The first kappa shape index (κ1) is 23.3. The molecule has 0 saturated carbocycles. The molecule has 0 aliphatic carbocycles. The molecule has 166 valence electrons. The van der Waals surface area contributed by atoms with Crippen molar-refractivity contribution >= 4 is 23.4 Å². The van der Waals surface area contributed by atoms with Gasteiger partial charge in [-0.05, 0) is 36.2 Å². The van der Waals surface area contributed by atoms with E-state index >= 15 is 0 Å². The molecule has 3 aromatic carbocycles. The van der Waals surface area contributed by atoms with Gasteiger partial charge < -0.3 is 15.4 Å². The van der Waals surface area contributed by atoms with Gasteiger partial charge in [-0.2, -0.15) is 0 Å². The Kier molecular flexibility index (Phi) is 8.63. The van der Waals surface area contributed by atoms with Crippen LogP contribution in [0.1, 0.15) is 34.8 Å². The summed E-state index contributed by atoms with van der Waals surface area (Å²) < 4.78 is 18.9. The highest BCUT2D eigenvalue weighted by Crippen LogP contribution is 2.20. The molecule has 2 amide bonds. The Labute approximate surface area is 191 Å². The summed E-state index contributed by atoms with van der Waals surface area (Å²) in [5, 5.41) is 6.06. The summed E-state index contributed by atoms with van der Waals surface area (Å²) in [6.07, 6.45) is 0.580. The summed E-state index contributed by atoms with van der Waals surface area (Å²) in [5.41, 5.74) is 1.16. The number of amides is 2. The zero-order valence-electron chi connectivity index (χ0n) is 17.4. The number of rotatable bonds is 10. The van der Waals surface area contributed by atoms with Crippen molar-refractivity contribution in [3.05, 3.63) is 101 Å². The Hall–Kier alpha value is -3.38. The molecule has 0 fully saturated rings. The predicted molar refractivity (Wildman–Crippen MR) is 122 cm³/mol. The number of nitrogens with one attached hydrogen (secondary N) is 2. The van der Waals surface area contributed by atoms with E-state index in [1.165, 1.54) is 6.07 Å². The van der Waals surface area contributed by atoms with Crippen LogP contribution in [-0.4, -0.2) is 25.0 Å². The Bertz CT molecular complexity index is 1050. The third-order valence-corrected chi connectivity index (χ3v) is 5.08. The molecule has 0 aromatic heterocycles. The van der Waals surface area contributed by atoms with Crippen LogP contribution in [0.15, 0.2) is 78.9 Å². The maximum absolute atomic E-state index is 13.5. The van der Waals surface area contributed by atoms with Gasteiger partial charge in [-0.25, -0.2) is 4.39 Å². The first-order chi connectivity index (χ1) is 15.5. The number of benzene rings is 3. The van der Waals surface area contributed by atoms with E-state index in [9.17, 15) is 14.0 Å². The fourth-order valence-corrected chi connectivity index (χ4v) is 3.34. The van der Waals surface area contributed by atoms with E-state index in [0.29, 0.717) is 23.6 Å². The second kappa shape index (κ2) is 11.9. The van der Waals surface area contributed by atoms with Crippen LogP contribution >= 0.6 is 11.6 Å². The van der Waals surface area contributed by atoms with Crippen molar-refractivity contribution in [3.8, 4) is 5.75 Å². The predicted octanol–water partition coefficient (Wildman–Crippen LogP) is 4.93. The fraction of sp³-hybridized carbons (Fsp3) is 0.200. The zero-order chi connectivity index (χ0) is 22.8. The van der Waals surface area contributed by atoms with E-state index in [4.69, 9.17) is 16.3 Å². The minimum atomic E-state index is -0.519. The lowest BCUT2D eigenvalue weighted by molar-refractivity contribution is -0.121. The highest BCUT2D eigenvalue weighted by atomic mass is 35.5.